The summed E-state index contributed by atoms with van der Waals surface area (Å²) in [6.07, 6.45) is -8.42. The molecule has 0 aromatic heterocycles. The molecule has 0 saturated heterocycles. The molecule has 1 aromatic carbocycles. The van der Waals surface area contributed by atoms with Crippen molar-refractivity contribution in [2.24, 2.45) is 0 Å². The first-order chi connectivity index (χ1) is 9.20. The van der Waals surface area contributed by atoms with E-state index in [2.05, 4.69) is 4.74 Å². The number of carboxylic acid groups (broad SMARTS) is 1. The second-order valence-electron chi connectivity index (χ2n) is 3.73. The second-order valence-corrected chi connectivity index (χ2v) is 4.52. The highest BCUT2D eigenvalue weighted by Gasteiger charge is 2.48. The Balaban J connectivity index is 2.53. The van der Waals surface area contributed by atoms with Gasteiger partial charge in [-0.1, -0.05) is 23.2 Å². The first-order valence-electron chi connectivity index (χ1n) is 5.04. The van der Waals surface area contributed by atoms with E-state index in [9.17, 15) is 18.0 Å². The zero-order valence-corrected chi connectivity index (χ0v) is 10.9. The molecule has 1 unspecified atom stereocenters. The first-order valence-corrected chi connectivity index (χ1v) is 5.79. The largest absolute Gasteiger partial charge is 0.511 e. The highest BCUT2D eigenvalue weighted by molar-refractivity contribution is 6.43. The van der Waals surface area contributed by atoms with Crippen molar-refractivity contribution >= 4 is 35.4 Å². The smallest absolute Gasteiger partial charge is 0.471 e. The molecular weight excluding hydrogens is 324 g/mol. The van der Waals surface area contributed by atoms with Crippen molar-refractivity contribution in [3.05, 3.63) is 33.5 Å². The van der Waals surface area contributed by atoms with Crippen molar-refractivity contribution in [2.75, 3.05) is 0 Å². The lowest BCUT2D eigenvalue weighted by Gasteiger charge is -2.28. The molecule has 20 heavy (non-hydrogen) atoms. The maximum Gasteiger partial charge on any atom is 0.511 e. The van der Waals surface area contributed by atoms with Gasteiger partial charge in [-0.05, 0) is 18.2 Å². The molecule has 1 aromatic rings. The number of alkyl halides is 3. The number of fused-ring (bicyclic) bond motifs is 1. The highest BCUT2D eigenvalue weighted by Crippen LogP contribution is 2.43. The number of hydrogen-bond acceptors (Lipinski definition) is 3. The van der Waals surface area contributed by atoms with Gasteiger partial charge in [0.1, 0.15) is 10.8 Å². The van der Waals surface area contributed by atoms with Gasteiger partial charge in [0.25, 0.3) is 6.10 Å². The van der Waals surface area contributed by atoms with Crippen LogP contribution in [0.3, 0.4) is 0 Å². The zero-order valence-electron chi connectivity index (χ0n) is 9.37. The molecule has 0 saturated carbocycles. The Morgan fingerprint density at radius 1 is 1.35 bits per heavy atom. The summed E-state index contributed by atoms with van der Waals surface area (Å²) in [4.78, 5) is 10.4. The van der Waals surface area contributed by atoms with Crippen LogP contribution in [0.15, 0.2) is 17.9 Å². The topological polar surface area (TPSA) is 55.8 Å². The van der Waals surface area contributed by atoms with Gasteiger partial charge >= 0.3 is 12.3 Å². The lowest BCUT2D eigenvalue weighted by Crippen LogP contribution is -2.39. The van der Waals surface area contributed by atoms with Crippen LogP contribution in [-0.2, 0) is 4.74 Å². The van der Waals surface area contributed by atoms with E-state index in [1.54, 1.807) is 0 Å². The molecule has 4 nitrogen and oxygen atoms in total. The molecule has 0 amide bonds. The van der Waals surface area contributed by atoms with Crippen LogP contribution in [0.2, 0.25) is 10.0 Å². The fourth-order valence-corrected chi connectivity index (χ4v) is 1.96. The summed E-state index contributed by atoms with van der Waals surface area (Å²) >= 11 is 11.5. The number of benzene rings is 1. The van der Waals surface area contributed by atoms with Crippen LogP contribution in [-0.4, -0.2) is 23.5 Å². The van der Waals surface area contributed by atoms with E-state index >= 15 is 0 Å². The van der Waals surface area contributed by atoms with Crippen molar-refractivity contribution < 1.29 is 32.5 Å². The van der Waals surface area contributed by atoms with Crippen LogP contribution in [0.4, 0.5) is 18.0 Å². The van der Waals surface area contributed by atoms with E-state index in [0.29, 0.717) is 0 Å². The molecule has 9 heteroatoms. The minimum atomic E-state index is -4.87. The molecule has 1 heterocycles. The number of carbonyl (C=O) groups is 1. The third-order valence-corrected chi connectivity index (χ3v) is 3.16. The zero-order chi connectivity index (χ0) is 15.1. The molecule has 0 fully saturated rings. The van der Waals surface area contributed by atoms with Gasteiger partial charge in [0, 0.05) is 5.56 Å². The lowest BCUT2D eigenvalue weighted by molar-refractivity contribution is -0.191. The van der Waals surface area contributed by atoms with E-state index < -0.39 is 24.2 Å². The average molecular weight is 329 g/mol. The van der Waals surface area contributed by atoms with Crippen molar-refractivity contribution in [3.63, 3.8) is 0 Å². The van der Waals surface area contributed by atoms with E-state index in [1.165, 1.54) is 12.1 Å². The predicted molar refractivity (Wildman–Crippen MR) is 64.0 cm³/mol. The monoisotopic (exact) mass is 328 g/mol. The molecule has 0 radical (unpaired) electrons. The number of ether oxygens (including phenoxy) is 2. The Morgan fingerprint density at radius 3 is 2.55 bits per heavy atom. The molecule has 1 N–H and O–H groups in total. The summed E-state index contributed by atoms with van der Waals surface area (Å²) in [5.41, 5.74) is 0.135. The van der Waals surface area contributed by atoms with Crippen molar-refractivity contribution in [2.45, 2.75) is 12.3 Å². The summed E-state index contributed by atoms with van der Waals surface area (Å²) in [6, 6.07) is 2.68. The molecule has 1 atom stereocenters. The molecule has 1 aliphatic rings. The summed E-state index contributed by atoms with van der Waals surface area (Å²) in [7, 11) is 0. The van der Waals surface area contributed by atoms with Crippen LogP contribution in [0.25, 0.3) is 6.08 Å². The van der Waals surface area contributed by atoms with Crippen LogP contribution in [0.5, 0.6) is 5.75 Å². The third-order valence-electron chi connectivity index (χ3n) is 2.37. The average Bonchev–Trinajstić information content (AvgIpc) is 2.31. The van der Waals surface area contributed by atoms with Gasteiger partial charge in [0.15, 0.2) is 5.76 Å². The lowest BCUT2D eigenvalue weighted by atomic mass is 10.1. The Kier molecular flexibility index (Phi) is 3.75. The maximum atomic E-state index is 12.9. The van der Waals surface area contributed by atoms with Crippen LogP contribution in [0, 0.1) is 0 Å². The van der Waals surface area contributed by atoms with E-state index in [-0.39, 0.29) is 21.4 Å². The van der Waals surface area contributed by atoms with Crippen molar-refractivity contribution in [1.82, 2.24) is 0 Å². The fraction of sp³-hybridized carbons (Fsp3) is 0.182. The van der Waals surface area contributed by atoms with Crippen LogP contribution in [0.1, 0.15) is 5.56 Å². The molecule has 108 valence electrons. The molecule has 0 aliphatic carbocycles. The molecule has 1 aliphatic heterocycles. The summed E-state index contributed by atoms with van der Waals surface area (Å²) in [5, 5.41) is 8.29. The van der Waals surface area contributed by atoms with E-state index in [0.717, 1.165) is 6.08 Å². The highest BCUT2D eigenvalue weighted by atomic mass is 35.5. The van der Waals surface area contributed by atoms with Gasteiger partial charge in [-0.25, -0.2) is 4.79 Å². The Labute approximate surface area is 120 Å². The summed E-state index contributed by atoms with van der Waals surface area (Å²) in [6.45, 7) is 0. The first kappa shape index (κ1) is 14.8. The van der Waals surface area contributed by atoms with Gasteiger partial charge in [-0.2, -0.15) is 13.2 Å². The SMILES string of the molecule is O=C(O)OC1=Cc2ccc(Cl)c(Cl)c2OC1C(F)(F)F. The minimum absolute atomic E-state index is 0.0161. The standard InChI is InChI=1S/C11H5Cl2F3O4/c12-5-2-1-4-3-6(19-10(17)18)9(11(14,15)16)20-8(4)7(5)13/h1-3,9H,(H,17,18). The fourth-order valence-electron chi connectivity index (χ4n) is 1.60. The van der Waals surface area contributed by atoms with Gasteiger partial charge in [-0.15, -0.1) is 0 Å². The van der Waals surface area contributed by atoms with Crippen LogP contribution >= 0.6 is 23.2 Å². The van der Waals surface area contributed by atoms with Crippen LogP contribution < -0.4 is 4.74 Å². The second kappa shape index (κ2) is 5.06. The summed E-state index contributed by atoms with van der Waals surface area (Å²) < 4.78 is 47.4. The van der Waals surface area contributed by atoms with Gasteiger partial charge in [0.05, 0.1) is 5.02 Å². The van der Waals surface area contributed by atoms with Gasteiger partial charge in [0.2, 0.25) is 0 Å². The van der Waals surface area contributed by atoms with Crippen molar-refractivity contribution in [3.8, 4) is 5.75 Å². The third kappa shape index (κ3) is 2.78. The van der Waals surface area contributed by atoms with Crippen molar-refractivity contribution in [1.29, 1.82) is 0 Å². The molecule has 0 bridgehead atoms. The Bertz CT molecular complexity index is 598. The predicted octanol–water partition coefficient (Wildman–Crippen LogP) is 4.35. The van der Waals surface area contributed by atoms with Gasteiger partial charge in [-0.3, -0.25) is 0 Å². The quantitative estimate of drug-likeness (QED) is 0.778. The number of hydrogen-bond donors (Lipinski definition) is 1. The van der Waals surface area contributed by atoms with E-state index in [1.807, 2.05) is 0 Å². The summed E-state index contributed by atoms with van der Waals surface area (Å²) in [5.74, 6) is -1.17. The molecule has 0 spiro atoms. The number of halogens is 5. The molecule has 2 rings (SSSR count). The molecular formula is C11H5Cl2F3O4. The Morgan fingerprint density at radius 2 is 2.00 bits per heavy atom. The normalized spacial score (nSPS) is 17.9. The Hall–Kier alpha value is -1.60. The minimum Gasteiger partial charge on any atom is -0.471 e. The number of rotatable bonds is 1. The van der Waals surface area contributed by atoms with E-state index in [4.69, 9.17) is 33.0 Å². The van der Waals surface area contributed by atoms with Gasteiger partial charge < -0.3 is 14.6 Å². The maximum absolute atomic E-state index is 12.9.